The molecule has 24 heavy (non-hydrogen) atoms. The van der Waals surface area contributed by atoms with Gasteiger partial charge in [-0.3, -0.25) is 14.9 Å². The third kappa shape index (κ3) is 3.80. The minimum absolute atomic E-state index is 0.00300. The van der Waals surface area contributed by atoms with E-state index in [2.05, 4.69) is 5.32 Å². The van der Waals surface area contributed by atoms with Crippen molar-refractivity contribution in [2.24, 2.45) is 7.05 Å². The van der Waals surface area contributed by atoms with Crippen molar-refractivity contribution in [3.63, 3.8) is 0 Å². The second-order valence-electron chi connectivity index (χ2n) is 5.82. The molecular weight excluding hydrogens is 310 g/mol. The number of nitrogens with one attached hydrogen (secondary N) is 1. The summed E-state index contributed by atoms with van der Waals surface area (Å²) in [6.07, 6.45) is 1.72. The number of methoxy groups -OCH3 is 1. The lowest BCUT2D eigenvalue weighted by Gasteiger charge is -2.15. The van der Waals surface area contributed by atoms with E-state index >= 15 is 0 Å². The van der Waals surface area contributed by atoms with Crippen LogP contribution in [0.25, 0.3) is 11.1 Å². The van der Waals surface area contributed by atoms with Crippen LogP contribution in [0.4, 0.5) is 11.4 Å². The number of pyridine rings is 1. The third-order valence-electron chi connectivity index (χ3n) is 3.71. The van der Waals surface area contributed by atoms with Gasteiger partial charge in [0.05, 0.1) is 11.5 Å². The number of nitro groups is 1. The maximum atomic E-state index is 11.8. The van der Waals surface area contributed by atoms with Gasteiger partial charge in [-0.25, -0.2) is 0 Å². The van der Waals surface area contributed by atoms with Crippen LogP contribution in [0.3, 0.4) is 0 Å². The quantitative estimate of drug-likeness (QED) is 0.649. The van der Waals surface area contributed by atoms with Gasteiger partial charge < -0.3 is 14.6 Å². The number of nitro benzene ring substituents is 1. The zero-order valence-corrected chi connectivity index (χ0v) is 14.2. The average molecular weight is 331 g/mol. The molecule has 0 aliphatic carbocycles. The third-order valence-corrected chi connectivity index (χ3v) is 3.71. The maximum absolute atomic E-state index is 11.8. The highest BCUT2D eigenvalue weighted by Crippen LogP contribution is 2.31. The normalized spacial score (nSPS) is 12.0. The Hall–Kier alpha value is -2.67. The fraction of sp³-hybridized carbons (Fsp3) is 0.353. The zero-order valence-electron chi connectivity index (χ0n) is 14.2. The lowest BCUT2D eigenvalue weighted by molar-refractivity contribution is -0.384. The molecule has 2 aromatic rings. The van der Waals surface area contributed by atoms with E-state index in [1.54, 1.807) is 45.5 Å². The molecule has 0 amide bonds. The van der Waals surface area contributed by atoms with Gasteiger partial charge in [0.25, 0.3) is 11.2 Å². The Kier molecular flexibility index (Phi) is 5.35. The highest BCUT2D eigenvalue weighted by Gasteiger charge is 2.17. The zero-order chi connectivity index (χ0) is 17.9. The molecular formula is C17H21N3O4. The summed E-state index contributed by atoms with van der Waals surface area (Å²) >= 11 is 0. The number of aromatic nitrogens is 1. The Morgan fingerprint density at radius 3 is 2.62 bits per heavy atom. The molecule has 2 rings (SSSR count). The Morgan fingerprint density at radius 1 is 1.33 bits per heavy atom. The monoisotopic (exact) mass is 331 g/mol. The van der Waals surface area contributed by atoms with Crippen molar-refractivity contribution in [2.75, 3.05) is 19.0 Å². The highest BCUT2D eigenvalue weighted by molar-refractivity contribution is 5.74. The molecule has 1 atom stereocenters. The average Bonchev–Trinajstić information content (AvgIpc) is 2.52. The van der Waals surface area contributed by atoms with Crippen molar-refractivity contribution in [3.8, 4) is 11.1 Å². The molecule has 1 aromatic heterocycles. The van der Waals surface area contributed by atoms with Crippen molar-refractivity contribution in [1.29, 1.82) is 0 Å². The van der Waals surface area contributed by atoms with Gasteiger partial charge in [-0.15, -0.1) is 0 Å². The summed E-state index contributed by atoms with van der Waals surface area (Å²) < 4.78 is 6.57. The predicted octanol–water partition coefficient (Wildman–Crippen LogP) is 2.72. The fourth-order valence-corrected chi connectivity index (χ4v) is 2.58. The van der Waals surface area contributed by atoms with Crippen LogP contribution in [0.1, 0.15) is 12.5 Å². The molecule has 0 spiro atoms. The van der Waals surface area contributed by atoms with Crippen molar-refractivity contribution in [2.45, 2.75) is 19.9 Å². The van der Waals surface area contributed by atoms with Gasteiger partial charge in [0, 0.05) is 38.0 Å². The molecule has 0 radical (unpaired) electrons. The van der Waals surface area contributed by atoms with E-state index in [-0.39, 0.29) is 17.3 Å². The van der Waals surface area contributed by atoms with Crippen molar-refractivity contribution < 1.29 is 9.66 Å². The van der Waals surface area contributed by atoms with Crippen LogP contribution >= 0.6 is 0 Å². The van der Waals surface area contributed by atoms with Crippen molar-refractivity contribution in [1.82, 2.24) is 4.57 Å². The molecule has 1 heterocycles. The van der Waals surface area contributed by atoms with Gasteiger partial charge in [-0.2, -0.15) is 0 Å². The topological polar surface area (TPSA) is 86.4 Å². The van der Waals surface area contributed by atoms with Gasteiger partial charge in [0.2, 0.25) is 0 Å². The largest absolute Gasteiger partial charge is 0.383 e. The van der Waals surface area contributed by atoms with Crippen LogP contribution < -0.4 is 10.9 Å². The minimum atomic E-state index is -0.419. The van der Waals surface area contributed by atoms with Crippen LogP contribution in [0.2, 0.25) is 0 Å². The molecule has 0 unspecified atom stereocenters. The molecule has 0 fully saturated rings. The molecule has 0 saturated heterocycles. The second-order valence-corrected chi connectivity index (χ2v) is 5.82. The number of hydrogen-bond acceptors (Lipinski definition) is 5. The number of benzene rings is 1. The number of aryl methyl sites for hydroxylation is 2. The summed E-state index contributed by atoms with van der Waals surface area (Å²) in [5.74, 6) is 0. The number of ether oxygens (including phenoxy) is 1. The van der Waals surface area contributed by atoms with Crippen LogP contribution in [0.15, 0.2) is 35.3 Å². The minimum Gasteiger partial charge on any atom is -0.383 e. The van der Waals surface area contributed by atoms with E-state index in [9.17, 15) is 14.9 Å². The first-order valence-electron chi connectivity index (χ1n) is 7.55. The van der Waals surface area contributed by atoms with E-state index in [4.69, 9.17) is 4.74 Å². The second kappa shape index (κ2) is 7.27. The fourth-order valence-electron chi connectivity index (χ4n) is 2.58. The summed E-state index contributed by atoms with van der Waals surface area (Å²) in [5, 5.41) is 14.4. The molecule has 7 heteroatoms. The van der Waals surface area contributed by atoms with E-state index in [1.807, 2.05) is 6.92 Å². The van der Waals surface area contributed by atoms with Gasteiger partial charge in [-0.05, 0) is 43.2 Å². The predicted molar refractivity (Wildman–Crippen MR) is 93.5 cm³/mol. The number of hydrogen-bond donors (Lipinski definition) is 1. The number of rotatable bonds is 6. The Morgan fingerprint density at radius 2 is 2.04 bits per heavy atom. The standard InChI is InChI=1S/C17H21N3O4/c1-11-7-14(9-19(3)17(11)21)13-5-6-16(20(22)23)15(8-13)18-12(2)10-24-4/h5-9,12,18H,10H2,1-4H3/t12-/m0/s1. The summed E-state index contributed by atoms with van der Waals surface area (Å²) in [4.78, 5) is 22.7. The molecule has 128 valence electrons. The first-order chi connectivity index (χ1) is 11.3. The van der Waals surface area contributed by atoms with Crippen LogP contribution in [0.5, 0.6) is 0 Å². The molecule has 0 saturated carbocycles. The number of nitrogens with zero attached hydrogens (tertiary/aromatic N) is 2. The van der Waals surface area contributed by atoms with E-state index < -0.39 is 4.92 Å². The van der Waals surface area contributed by atoms with E-state index in [1.165, 1.54) is 10.6 Å². The van der Waals surface area contributed by atoms with Crippen molar-refractivity contribution in [3.05, 3.63) is 56.5 Å². The Labute approximate surface area is 140 Å². The maximum Gasteiger partial charge on any atom is 0.292 e. The van der Waals surface area contributed by atoms with Gasteiger partial charge in [0.1, 0.15) is 5.69 Å². The van der Waals surface area contributed by atoms with Crippen molar-refractivity contribution >= 4 is 11.4 Å². The SMILES string of the molecule is COC[C@H](C)Nc1cc(-c2cc(C)c(=O)n(C)c2)ccc1[N+](=O)[O-]. The van der Waals surface area contributed by atoms with Crippen LogP contribution in [0, 0.1) is 17.0 Å². The summed E-state index contributed by atoms with van der Waals surface area (Å²) in [5.41, 5.74) is 2.61. The summed E-state index contributed by atoms with van der Waals surface area (Å²) in [7, 11) is 3.26. The summed E-state index contributed by atoms with van der Waals surface area (Å²) in [6.45, 7) is 4.06. The van der Waals surface area contributed by atoms with Crippen LogP contribution in [-0.2, 0) is 11.8 Å². The van der Waals surface area contributed by atoms with Crippen LogP contribution in [-0.4, -0.2) is 29.2 Å². The first kappa shape index (κ1) is 17.7. The molecule has 7 nitrogen and oxygen atoms in total. The smallest absolute Gasteiger partial charge is 0.292 e. The molecule has 0 bridgehead atoms. The van der Waals surface area contributed by atoms with E-state index in [0.29, 0.717) is 17.9 Å². The molecule has 0 aliphatic rings. The number of anilines is 1. The lowest BCUT2D eigenvalue weighted by Crippen LogP contribution is -2.21. The lowest BCUT2D eigenvalue weighted by atomic mass is 10.0. The Bertz CT molecular complexity index is 788. The van der Waals surface area contributed by atoms with Gasteiger partial charge >= 0.3 is 0 Å². The molecule has 1 N–H and O–H groups in total. The van der Waals surface area contributed by atoms with E-state index in [0.717, 1.165) is 11.1 Å². The highest BCUT2D eigenvalue weighted by atomic mass is 16.6. The molecule has 0 aliphatic heterocycles. The van der Waals surface area contributed by atoms with Gasteiger partial charge in [-0.1, -0.05) is 0 Å². The molecule has 1 aromatic carbocycles. The van der Waals surface area contributed by atoms with Gasteiger partial charge in [0.15, 0.2) is 0 Å². The summed E-state index contributed by atoms with van der Waals surface area (Å²) in [6, 6.07) is 6.59. The Balaban J connectivity index is 2.49. The first-order valence-corrected chi connectivity index (χ1v) is 7.55.